The molecule has 0 spiro atoms. The van der Waals surface area contributed by atoms with Gasteiger partial charge in [-0.15, -0.1) is 0 Å². The Labute approximate surface area is 177 Å². The van der Waals surface area contributed by atoms with Gasteiger partial charge >= 0.3 is 0 Å². The fourth-order valence-electron chi connectivity index (χ4n) is 4.06. The monoisotopic (exact) mass is 417 g/mol. The van der Waals surface area contributed by atoms with Crippen molar-refractivity contribution in [1.82, 2.24) is 19.5 Å². The van der Waals surface area contributed by atoms with Gasteiger partial charge in [0.2, 0.25) is 0 Å². The molecule has 2 aromatic carbocycles. The minimum absolute atomic E-state index is 0.305. The average molecular weight is 417 g/mol. The zero-order chi connectivity index (χ0) is 21.5. The second kappa shape index (κ2) is 7.50. The van der Waals surface area contributed by atoms with E-state index in [9.17, 15) is 8.78 Å². The number of anilines is 1. The Morgan fingerprint density at radius 1 is 1.03 bits per heavy atom. The number of nitrogens with zero attached hydrogens (tertiary/aromatic N) is 3. The molecule has 0 aliphatic carbocycles. The third kappa shape index (κ3) is 3.42. The molecule has 3 aromatic heterocycles. The van der Waals surface area contributed by atoms with E-state index in [1.165, 1.54) is 12.4 Å². The van der Waals surface area contributed by atoms with Gasteiger partial charge in [0.05, 0.1) is 11.2 Å². The predicted octanol–water partition coefficient (Wildman–Crippen LogP) is 5.59. The van der Waals surface area contributed by atoms with Crippen molar-refractivity contribution in [2.75, 3.05) is 11.9 Å². The topological polar surface area (TPSA) is 58.5 Å². The second-order valence-corrected chi connectivity index (χ2v) is 7.68. The SMILES string of the molecule is Cc1cc(F)c(F)c2c1cc(C)n2CCNc1cc(-c2ccc3cc[nH]c3c2)ncn1. The van der Waals surface area contributed by atoms with Crippen LogP contribution in [0.2, 0.25) is 0 Å². The van der Waals surface area contributed by atoms with E-state index in [0.717, 1.165) is 38.8 Å². The highest BCUT2D eigenvalue weighted by Gasteiger charge is 2.16. The summed E-state index contributed by atoms with van der Waals surface area (Å²) in [7, 11) is 0. The molecular formula is C24H21F2N5. The van der Waals surface area contributed by atoms with Gasteiger partial charge in [-0.2, -0.15) is 0 Å². The molecule has 156 valence electrons. The van der Waals surface area contributed by atoms with Gasteiger partial charge in [-0.05, 0) is 49.1 Å². The lowest BCUT2D eigenvalue weighted by atomic mass is 10.1. The first-order valence-electron chi connectivity index (χ1n) is 10.1. The fraction of sp³-hybridized carbons (Fsp3) is 0.167. The first-order chi connectivity index (χ1) is 15.0. The van der Waals surface area contributed by atoms with Gasteiger partial charge in [-0.25, -0.2) is 18.7 Å². The van der Waals surface area contributed by atoms with Crippen LogP contribution < -0.4 is 5.32 Å². The van der Waals surface area contributed by atoms with Gasteiger partial charge in [-0.1, -0.05) is 12.1 Å². The first kappa shape index (κ1) is 19.2. The number of benzene rings is 2. The summed E-state index contributed by atoms with van der Waals surface area (Å²) in [6, 6.07) is 13.2. The van der Waals surface area contributed by atoms with E-state index in [0.29, 0.717) is 24.4 Å². The number of rotatable bonds is 5. The molecule has 7 heteroatoms. The Morgan fingerprint density at radius 3 is 2.77 bits per heavy atom. The Hall–Kier alpha value is -3.74. The van der Waals surface area contributed by atoms with E-state index in [1.54, 1.807) is 11.5 Å². The molecule has 0 fully saturated rings. The standard InChI is InChI=1S/C24H21F2N5/c1-14-9-19(25)23(26)24-18(14)10-15(2)31(24)8-7-28-22-12-21(29-13-30-22)17-4-3-16-5-6-27-20(16)11-17/h3-6,9-13,27H,7-8H2,1-2H3,(H,28,29,30). The third-order valence-corrected chi connectivity index (χ3v) is 5.65. The summed E-state index contributed by atoms with van der Waals surface area (Å²) in [6.45, 7) is 4.67. The highest BCUT2D eigenvalue weighted by Crippen LogP contribution is 2.28. The lowest BCUT2D eigenvalue weighted by molar-refractivity contribution is 0.510. The first-order valence-corrected chi connectivity index (χ1v) is 10.1. The number of halogens is 2. The Morgan fingerprint density at radius 2 is 1.90 bits per heavy atom. The minimum Gasteiger partial charge on any atom is -0.368 e. The molecule has 2 N–H and O–H groups in total. The number of nitrogens with one attached hydrogen (secondary N) is 2. The summed E-state index contributed by atoms with van der Waals surface area (Å²) < 4.78 is 30.2. The maximum Gasteiger partial charge on any atom is 0.183 e. The number of aromatic amines is 1. The van der Waals surface area contributed by atoms with Crippen molar-refractivity contribution in [3.05, 3.63) is 77.9 Å². The fourth-order valence-corrected chi connectivity index (χ4v) is 4.06. The van der Waals surface area contributed by atoms with Crippen molar-refractivity contribution in [2.45, 2.75) is 20.4 Å². The van der Waals surface area contributed by atoms with Crippen LogP contribution >= 0.6 is 0 Å². The molecule has 0 radical (unpaired) electrons. The van der Waals surface area contributed by atoms with Crippen LogP contribution in [0.4, 0.5) is 14.6 Å². The Bertz CT molecular complexity index is 1420. The molecule has 0 atom stereocenters. The molecule has 31 heavy (non-hydrogen) atoms. The zero-order valence-electron chi connectivity index (χ0n) is 17.2. The van der Waals surface area contributed by atoms with E-state index in [4.69, 9.17) is 0 Å². The number of hydrogen-bond acceptors (Lipinski definition) is 3. The van der Waals surface area contributed by atoms with Crippen LogP contribution in [0.15, 0.2) is 55.0 Å². The Balaban J connectivity index is 1.37. The molecule has 0 unspecified atom stereocenters. The highest BCUT2D eigenvalue weighted by molar-refractivity contribution is 5.86. The largest absolute Gasteiger partial charge is 0.368 e. The van der Waals surface area contributed by atoms with E-state index >= 15 is 0 Å². The third-order valence-electron chi connectivity index (χ3n) is 5.65. The van der Waals surface area contributed by atoms with Crippen LogP contribution in [0.25, 0.3) is 33.1 Å². The lowest BCUT2D eigenvalue weighted by Crippen LogP contribution is -2.13. The lowest BCUT2D eigenvalue weighted by Gasteiger charge is -2.12. The summed E-state index contributed by atoms with van der Waals surface area (Å²) in [5.41, 5.74) is 4.75. The van der Waals surface area contributed by atoms with Gasteiger partial charge in [0.15, 0.2) is 11.6 Å². The van der Waals surface area contributed by atoms with Gasteiger partial charge in [0.1, 0.15) is 12.1 Å². The van der Waals surface area contributed by atoms with E-state index < -0.39 is 11.6 Å². The summed E-state index contributed by atoms with van der Waals surface area (Å²) in [4.78, 5) is 11.9. The van der Waals surface area contributed by atoms with Crippen molar-refractivity contribution >= 4 is 27.6 Å². The van der Waals surface area contributed by atoms with Crippen LogP contribution in [0.1, 0.15) is 11.3 Å². The molecule has 0 aliphatic heterocycles. The summed E-state index contributed by atoms with van der Waals surface area (Å²) >= 11 is 0. The highest BCUT2D eigenvalue weighted by atomic mass is 19.2. The van der Waals surface area contributed by atoms with E-state index in [1.807, 2.05) is 43.5 Å². The van der Waals surface area contributed by atoms with Crippen molar-refractivity contribution < 1.29 is 8.78 Å². The number of aryl methyl sites for hydroxylation is 2. The normalized spacial score (nSPS) is 11.5. The molecule has 0 saturated heterocycles. The molecule has 3 heterocycles. The Kier molecular flexibility index (Phi) is 4.66. The van der Waals surface area contributed by atoms with Gasteiger partial charge < -0.3 is 14.9 Å². The van der Waals surface area contributed by atoms with Gasteiger partial charge in [0.25, 0.3) is 0 Å². The number of aromatic nitrogens is 4. The molecule has 0 bridgehead atoms. The minimum atomic E-state index is -0.822. The van der Waals surface area contributed by atoms with Crippen molar-refractivity contribution in [3.63, 3.8) is 0 Å². The van der Waals surface area contributed by atoms with E-state index in [-0.39, 0.29) is 0 Å². The molecular weight excluding hydrogens is 396 g/mol. The molecule has 0 amide bonds. The van der Waals surface area contributed by atoms with Crippen molar-refractivity contribution in [3.8, 4) is 11.3 Å². The van der Waals surface area contributed by atoms with Gasteiger partial charge in [0, 0.05) is 47.5 Å². The molecule has 5 nitrogen and oxygen atoms in total. The summed E-state index contributed by atoms with van der Waals surface area (Å²) in [5, 5.41) is 5.15. The number of fused-ring (bicyclic) bond motifs is 2. The van der Waals surface area contributed by atoms with Crippen LogP contribution in [0.5, 0.6) is 0 Å². The summed E-state index contributed by atoms with van der Waals surface area (Å²) in [6.07, 6.45) is 3.43. The number of H-pyrrole nitrogens is 1. The quantitative estimate of drug-likeness (QED) is 0.392. The van der Waals surface area contributed by atoms with Crippen molar-refractivity contribution in [2.24, 2.45) is 0 Å². The second-order valence-electron chi connectivity index (χ2n) is 7.68. The van der Waals surface area contributed by atoms with Crippen LogP contribution in [0.3, 0.4) is 0 Å². The van der Waals surface area contributed by atoms with Gasteiger partial charge in [-0.3, -0.25) is 0 Å². The smallest absolute Gasteiger partial charge is 0.183 e. The number of hydrogen-bond donors (Lipinski definition) is 2. The van der Waals surface area contributed by atoms with Crippen LogP contribution in [-0.2, 0) is 6.54 Å². The molecule has 0 saturated carbocycles. The van der Waals surface area contributed by atoms with Crippen molar-refractivity contribution in [1.29, 1.82) is 0 Å². The average Bonchev–Trinajstić information content (AvgIpc) is 3.37. The van der Waals surface area contributed by atoms with Crippen LogP contribution in [0, 0.1) is 25.5 Å². The zero-order valence-corrected chi connectivity index (χ0v) is 17.2. The maximum atomic E-state index is 14.5. The van der Waals surface area contributed by atoms with E-state index in [2.05, 4.69) is 26.3 Å². The molecule has 5 rings (SSSR count). The predicted molar refractivity (Wildman–Crippen MR) is 119 cm³/mol. The maximum absolute atomic E-state index is 14.5. The van der Waals surface area contributed by atoms with Crippen LogP contribution in [-0.4, -0.2) is 26.1 Å². The molecule has 0 aliphatic rings. The summed E-state index contributed by atoms with van der Waals surface area (Å²) in [5.74, 6) is -0.956. The molecule has 5 aromatic rings.